The molecule has 0 radical (unpaired) electrons. The number of carbonyl (C=O) groups excluding carboxylic acids is 1. The number of anilines is 1. The topological polar surface area (TPSA) is 46.3 Å². The summed E-state index contributed by atoms with van der Waals surface area (Å²) in [5.74, 6) is 0.786. The third-order valence-electron chi connectivity index (χ3n) is 4.02. The van der Waals surface area contributed by atoms with Crippen molar-refractivity contribution in [3.05, 3.63) is 27.7 Å². The monoisotopic (exact) mass is 324 g/mol. The first-order valence-corrected chi connectivity index (χ1v) is 7.67. The van der Waals surface area contributed by atoms with Gasteiger partial charge in [-0.05, 0) is 50.3 Å². The van der Waals surface area contributed by atoms with Crippen LogP contribution in [0.3, 0.4) is 0 Å². The molecule has 0 saturated heterocycles. The maximum atomic E-state index is 12.6. The van der Waals surface area contributed by atoms with Gasteiger partial charge in [0.05, 0.1) is 0 Å². The van der Waals surface area contributed by atoms with Gasteiger partial charge in [0.15, 0.2) is 0 Å². The van der Waals surface area contributed by atoms with E-state index in [0.717, 1.165) is 23.1 Å². The summed E-state index contributed by atoms with van der Waals surface area (Å²) >= 11 is 3.41. The average molecular weight is 325 g/mol. The molecule has 0 atom stereocenters. The molecule has 1 aliphatic carbocycles. The Balaban J connectivity index is 2.21. The maximum absolute atomic E-state index is 12.6. The molecule has 0 aliphatic heterocycles. The van der Waals surface area contributed by atoms with Crippen molar-refractivity contribution in [3.63, 3.8) is 0 Å². The molecule has 4 heteroatoms. The van der Waals surface area contributed by atoms with Crippen LogP contribution in [0.25, 0.3) is 0 Å². The number of nitrogen functional groups attached to an aromatic ring is 1. The van der Waals surface area contributed by atoms with Crippen LogP contribution in [0.1, 0.15) is 42.1 Å². The SMILES string of the molecule is CCN(CC1CCC1)C(=O)c1cc(Br)cc(N)c1C. The normalized spacial score (nSPS) is 15.1. The van der Waals surface area contributed by atoms with E-state index in [0.29, 0.717) is 17.2 Å². The molecule has 1 aliphatic rings. The number of hydrogen-bond acceptors (Lipinski definition) is 2. The Morgan fingerprint density at radius 3 is 2.68 bits per heavy atom. The predicted octanol–water partition coefficient (Wildman–Crippen LogP) is 3.60. The largest absolute Gasteiger partial charge is 0.398 e. The van der Waals surface area contributed by atoms with Gasteiger partial charge in [-0.1, -0.05) is 22.4 Å². The third kappa shape index (κ3) is 3.11. The predicted molar refractivity (Wildman–Crippen MR) is 82.2 cm³/mol. The molecule has 1 fully saturated rings. The molecule has 0 aromatic heterocycles. The number of benzene rings is 1. The number of nitrogens with zero attached hydrogens (tertiary/aromatic N) is 1. The zero-order chi connectivity index (χ0) is 14.0. The van der Waals surface area contributed by atoms with E-state index in [9.17, 15) is 4.79 Å². The van der Waals surface area contributed by atoms with Crippen molar-refractivity contribution in [2.75, 3.05) is 18.8 Å². The fraction of sp³-hybridized carbons (Fsp3) is 0.533. The van der Waals surface area contributed by atoms with Crippen molar-refractivity contribution in [1.29, 1.82) is 0 Å². The van der Waals surface area contributed by atoms with E-state index in [2.05, 4.69) is 15.9 Å². The van der Waals surface area contributed by atoms with Gasteiger partial charge in [0.2, 0.25) is 0 Å². The number of halogens is 1. The minimum atomic E-state index is 0.0971. The van der Waals surface area contributed by atoms with Crippen molar-refractivity contribution in [1.82, 2.24) is 4.90 Å². The van der Waals surface area contributed by atoms with Crippen LogP contribution in [0, 0.1) is 12.8 Å². The molecule has 0 spiro atoms. The van der Waals surface area contributed by atoms with Crippen LogP contribution in [0.4, 0.5) is 5.69 Å². The summed E-state index contributed by atoms with van der Waals surface area (Å²) in [5, 5.41) is 0. The minimum absolute atomic E-state index is 0.0971. The summed E-state index contributed by atoms with van der Waals surface area (Å²) in [5.41, 5.74) is 8.19. The lowest BCUT2D eigenvalue weighted by Crippen LogP contribution is -2.37. The van der Waals surface area contributed by atoms with Crippen molar-refractivity contribution >= 4 is 27.5 Å². The molecular weight excluding hydrogens is 304 g/mol. The van der Waals surface area contributed by atoms with E-state index in [1.54, 1.807) is 0 Å². The molecule has 1 amide bonds. The maximum Gasteiger partial charge on any atom is 0.254 e. The molecule has 3 nitrogen and oxygen atoms in total. The van der Waals surface area contributed by atoms with Crippen LogP contribution in [0.2, 0.25) is 0 Å². The van der Waals surface area contributed by atoms with Gasteiger partial charge in [-0.15, -0.1) is 0 Å². The lowest BCUT2D eigenvalue weighted by atomic mass is 9.85. The number of hydrogen-bond donors (Lipinski definition) is 1. The van der Waals surface area contributed by atoms with Gasteiger partial charge in [0.25, 0.3) is 5.91 Å². The van der Waals surface area contributed by atoms with E-state index >= 15 is 0 Å². The summed E-state index contributed by atoms with van der Waals surface area (Å²) in [4.78, 5) is 14.6. The standard InChI is InChI=1S/C15H21BrN2O/c1-3-18(9-11-5-4-6-11)15(19)13-7-12(16)8-14(17)10(13)2/h7-8,11H,3-6,9,17H2,1-2H3. The molecule has 0 heterocycles. The Morgan fingerprint density at radius 1 is 1.47 bits per heavy atom. The van der Waals surface area contributed by atoms with Crippen LogP contribution < -0.4 is 5.73 Å². The number of nitrogens with two attached hydrogens (primary N) is 1. The highest BCUT2D eigenvalue weighted by Crippen LogP contribution is 2.29. The van der Waals surface area contributed by atoms with Gasteiger partial charge in [0.1, 0.15) is 0 Å². The van der Waals surface area contributed by atoms with Gasteiger partial charge in [0, 0.05) is 28.8 Å². The average Bonchev–Trinajstić information content (AvgIpc) is 2.32. The Morgan fingerprint density at radius 2 is 2.16 bits per heavy atom. The Kier molecular flexibility index (Phi) is 4.50. The highest BCUT2D eigenvalue weighted by molar-refractivity contribution is 9.10. The molecular formula is C15H21BrN2O. The minimum Gasteiger partial charge on any atom is -0.398 e. The van der Waals surface area contributed by atoms with Crippen molar-refractivity contribution in [2.24, 2.45) is 5.92 Å². The van der Waals surface area contributed by atoms with E-state index in [1.165, 1.54) is 19.3 Å². The van der Waals surface area contributed by atoms with Gasteiger partial charge in [-0.3, -0.25) is 4.79 Å². The highest BCUT2D eigenvalue weighted by Gasteiger charge is 2.24. The molecule has 1 aromatic carbocycles. The third-order valence-corrected chi connectivity index (χ3v) is 4.47. The van der Waals surface area contributed by atoms with E-state index in [1.807, 2.05) is 30.9 Å². The molecule has 2 rings (SSSR count). The zero-order valence-electron chi connectivity index (χ0n) is 11.6. The summed E-state index contributed by atoms with van der Waals surface area (Å²) in [6, 6.07) is 3.71. The van der Waals surface area contributed by atoms with Crippen molar-refractivity contribution in [2.45, 2.75) is 33.1 Å². The van der Waals surface area contributed by atoms with E-state index < -0.39 is 0 Å². The number of rotatable bonds is 4. The van der Waals surface area contributed by atoms with Crippen molar-refractivity contribution in [3.8, 4) is 0 Å². The van der Waals surface area contributed by atoms with E-state index in [-0.39, 0.29) is 5.91 Å². The number of carbonyl (C=O) groups is 1. The fourth-order valence-electron chi connectivity index (χ4n) is 2.44. The molecule has 2 N–H and O–H groups in total. The first kappa shape index (κ1) is 14.4. The molecule has 104 valence electrons. The number of amides is 1. The second-order valence-corrected chi connectivity index (χ2v) is 6.22. The van der Waals surface area contributed by atoms with Crippen LogP contribution in [-0.4, -0.2) is 23.9 Å². The van der Waals surface area contributed by atoms with Gasteiger partial charge < -0.3 is 10.6 Å². The Labute approximate surface area is 123 Å². The molecule has 0 bridgehead atoms. The molecule has 19 heavy (non-hydrogen) atoms. The van der Waals surface area contributed by atoms with Crippen LogP contribution >= 0.6 is 15.9 Å². The fourth-order valence-corrected chi connectivity index (χ4v) is 2.91. The molecule has 1 saturated carbocycles. The van der Waals surface area contributed by atoms with Crippen LogP contribution in [0.15, 0.2) is 16.6 Å². The lowest BCUT2D eigenvalue weighted by molar-refractivity contribution is 0.0705. The van der Waals surface area contributed by atoms with Crippen LogP contribution in [-0.2, 0) is 0 Å². The summed E-state index contributed by atoms with van der Waals surface area (Å²) in [6.45, 7) is 5.57. The zero-order valence-corrected chi connectivity index (χ0v) is 13.2. The Bertz CT molecular complexity index is 483. The summed E-state index contributed by atoms with van der Waals surface area (Å²) in [6.07, 6.45) is 3.81. The quantitative estimate of drug-likeness (QED) is 0.860. The summed E-state index contributed by atoms with van der Waals surface area (Å²) in [7, 11) is 0. The van der Waals surface area contributed by atoms with Crippen LogP contribution in [0.5, 0.6) is 0 Å². The lowest BCUT2D eigenvalue weighted by Gasteiger charge is -2.32. The van der Waals surface area contributed by atoms with E-state index in [4.69, 9.17) is 5.73 Å². The second kappa shape index (κ2) is 5.95. The van der Waals surface area contributed by atoms with Crippen molar-refractivity contribution < 1.29 is 4.79 Å². The second-order valence-electron chi connectivity index (χ2n) is 5.31. The Hall–Kier alpha value is -1.03. The first-order valence-electron chi connectivity index (χ1n) is 6.87. The first-order chi connectivity index (χ1) is 9.02. The smallest absolute Gasteiger partial charge is 0.254 e. The molecule has 0 unspecified atom stereocenters. The molecule has 1 aromatic rings. The van der Waals surface area contributed by atoms with Gasteiger partial charge in [-0.25, -0.2) is 0 Å². The summed E-state index contributed by atoms with van der Waals surface area (Å²) < 4.78 is 0.860. The van der Waals surface area contributed by atoms with Gasteiger partial charge in [-0.2, -0.15) is 0 Å². The highest BCUT2D eigenvalue weighted by atomic mass is 79.9. The van der Waals surface area contributed by atoms with Gasteiger partial charge >= 0.3 is 0 Å².